The van der Waals surface area contributed by atoms with Crippen molar-refractivity contribution >= 4 is 11.8 Å². The number of ether oxygens (including phenoxy) is 2. The number of benzene rings is 4. The number of aliphatic imine (C=N–C) groups is 1. The number of amides is 1. The van der Waals surface area contributed by atoms with Crippen LogP contribution in [0.15, 0.2) is 107 Å². The Kier molecular flexibility index (Phi) is 10.0. The topological polar surface area (TPSA) is 129 Å². The highest BCUT2D eigenvalue weighted by atomic mass is 19.2. The molecule has 1 aliphatic heterocycles. The molecule has 4 aromatic carbocycles. The molecule has 1 amide bonds. The van der Waals surface area contributed by atoms with Crippen LogP contribution in [0.4, 0.5) is 8.78 Å². The Labute approximate surface area is 258 Å². The van der Waals surface area contributed by atoms with Crippen LogP contribution in [0.5, 0.6) is 5.75 Å². The van der Waals surface area contributed by atoms with E-state index in [1.54, 1.807) is 42.5 Å². The van der Waals surface area contributed by atoms with Crippen molar-refractivity contribution in [3.05, 3.63) is 147 Å². The Morgan fingerprint density at radius 1 is 1.00 bits per heavy atom. The van der Waals surface area contributed by atoms with Gasteiger partial charge in [0.1, 0.15) is 5.75 Å². The van der Waals surface area contributed by atoms with E-state index in [1.807, 2.05) is 36.4 Å². The lowest BCUT2D eigenvalue weighted by Gasteiger charge is -2.32. The maximum absolute atomic E-state index is 14.4. The van der Waals surface area contributed by atoms with Gasteiger partial charge in [-0.1, -0.05) is 65.8 Å². The normalized spacial score (nSPS) is 17.1. The molecule has 4 aromatic rings. The predicted molar refractivity (Wildman–Crippen MR) is 164 cm³/mol. The number of halogens is 2. The summed E-state index contributed by atoms with van der Waals surface area (Å²) in [6, 6.07) is 27.1. The quantitative estimate of drug-likeness (QED) is 0.0790. The molecule has 0 spiro atoms. The highest BCUT2D eigenvalue weighted by Crippen LogP contribution is 2.44. The number of carbonyl (C=O) groups excluding carboxylic acids is 1. The van der Waals surface area contributed by atoms with E-state index in [0.29, 0.717) is 41.0 Å². The first-order valence-corrected chi connectivity index (χ1v) is 14.4. The van der Waals surface area contributed by atoms with Gasteiger partial charge in [0.05, 0.1) is 13.2 Å². The second-order valence-corrected chi connectivity index (χ2v) is 10.5. The molecule has 230 valence electrons. The van der Waals surface area contributed by atoms with Gasteiger partial charge in [0.2, 0.25) is 5.90 Å². The summed E-state index contributed by atoms with van der Waals surface area (Å²) in [5.74, 6) is -1.66. The molecular formula is C34H31F2N5O4. The van der Waals surface area contributed by atoms with Crippen molar-refractivity contribution in [1.82, 2.24) is 5.32 Å². The molecule has 0 bridgehead atoms. The zero-order chi connectivity index (χ0) is 31.6. The average Bonchev–Trinajstić information content (AvgIpc) is 3.45. The molecule has 0 aliphatic carbocycles. The fraction of sp³-hybridized carbons (Fsp3) is 0.235. The van der Waals surface area contributed by atoms with Gasteiger partial charge in [0.15, 0.2) is 23.3 Å². The summed E-state index contributed by atoms with van der Waals surface area (Å²) >= 11 is 0. The lowest BCUT2D eigenvalue weighted by molar-refractivity contribution is -0.129. The van der Waals surface area contributed by atoms with Crippen LogP contribution in [0.2, 0.25) is 0 Å². The summed E-state index contributed by atoms with van der Waals surface area (Å²) in [6.07, 6.45) is -0.303. The van der Waals surface area contributed by atoms with Crippen molar-refractivity contribution in [1.29, 1.82) is 0 Å². The Hall–Kier alpha value is -5.25. The molecule has 11 heteroatoms. The highest BCUT2D eigenvalue weighted by molar-refractivity contribution is 6.01. The monoisotopic (exact) mass is 611 g/mol. The third-order valence-electron chi connectivity index (χ3n) is 7.43. The molecule has 5 rings (SSSR count). The minimum atomic E-state index is -1.54. The van der Waals surface area contributed by atoms with E-state index < -0.39 is 29.2 Å². The van der Waals surface area contributed by atoms with Crippen LogP contribution in [0, 0.1) is 11.6 Å². The van der Waals surface area contributed by atoms with Crippen LogP contribution in [-0.4, -0.2) is 35.7 Å². The van der Waals surface area contributed by atoms with Gasteiger partial charge in [-0.05, 0) is 64.2 Å². The van der Waals surface area contributed by atoms with Gasteiger partial charge in [0, 0.05) is 36.5 Å². The SMILES string of the molecule is [N-]=[N+]=NCc1ccccc1[C@H]1OC(c2ccc(OCCCO)cc2)=N[C@@]1(Cc1ccccc1)C(=O)NCc1ccc(F)c(F)c1. The molecular weight excluding hydrogens is 580 g/mol. The number of azide groups is 1. The smallest absolute Gasteiger partial charge is 0.252 e. The van der Waals surface area contributed by atoms with Crippen LogP contribution in [0.25, 0.3) is 10.4 Å². The minimum absolute atomic E-state index is 0.0208. The second-order valence-electron chi connectivity index (χ2n) is 10.5. The zero-order valence-corrected chi connectivity index (χ0v) is 24.3. The summed E-state index contributed by atoms with van der Waals surface area (Å²) in [4.78, 5) is 22.3. The first kappa shape index (κ1) is 31.2. The van der Waals surface area contributed by atoms with E-state index in [4.69, 9.17) is 25.1 Å². The lowest BCUT2D eigenvalue weighted by Crippen LogP contribution is -2.49. The molecule has 0 saturated carbocycles. The van der Waals surface area contributed by atoms with Crippen molar-refractivity contribution in [3.8, 4) is 5.75 Å². The fourth-order valence-electron chi connectivity index (χ4n) is 5.19. The number of aliphatic hydroxyl groups is 1. The molecule has 1 aliphatic rings. The number of rotatable bonds is 13. The molecule has 2 atom stereocenters. The molecule has 0 fully saturated rings. The van der Waals surface area contributed by atoms with Crippen LogP contribution < -0.4 is 10.1 Å². The first-order chi connectivity index (χ1) is 21.9. The van der Waals surface area contributed by atoms with Crippen LogP contribution in [0.3, 0.4) is 0 Å². The average molecular weight is 612 g/mol. The number of carbonyl (C=O) groups is 1. The third kappa shape index (κ3) is 7.29. The molecule has 0 unspecified atom stereocenters. The van der Waals surface area contributed by atoms with Crippen LogP contribution >= 0.6 is 0 Å². The summed E-state index contributed by atoms with van der Waals surface area (Å²) in [7, 11) is 0. The van der Waals surface area contributed by atoms with Gasteiger partial charge in [-0.25, -0.2) is 13.8 Å². The van der Waals surface area contributed by atoms with E-state index in [-0.39, 0.29) is 32.0 Å². The second kappa shape index (κ2) is 14.5. The Morgan fingerprint density at radius 3 is 2.49 bits per heavy atom. The number of hydrogen-bond acceptors (Lipinski definition) is 6. The number of nitrogens with one attached hydrogen (secondary N) is 1. The number of nitrogens with zero attached hydrogens (tertiary/aromatic N) is 4. The summed E-state index contributed by atoms with van der Waals surface area (Å²) in [6.45, 7) is 0.326. The van der Waals surface area contributed by atoms with E-state index in [0.717, 1.165) is 17.7 Å². The first-order valence-electron chi connectivity index (χ1n) is 14.4. The van der Waals surface area contributed by atoms with Crippen LogP contribution in [-0.2, 0) is 29.0 Å². The lowest BCUT2D eigenvalue weighted by atomic mass is 9.80. The van der Waals surface area contributed by atoms with Gasteiger partial charge in [-0.3, -0.25) is 4.79 Å². The maximum Gasteiger partial charge on any atom is 0.252 e. The molecule has 45 heavy (non-hydrogen) atoms. The van der Waals surface area contributed by atoms with Gasteiger partial charge >= 0.3 is 0 Å². The molecule has 0 radical (unpaired) electrons. The van der Waals surface area contributed by atoms with Gasteiger partial charge in [0.25, 0.3) is 5.91 Å². The standard InChI is InChI=1S/C34H31F2N5O4/c35-29-16-11-24(19-30(29)36)21-38-33(43)34(20-23-7-2-1-3-8-23)31(28-10-5-4-9-26(28)22-39-41-37)45-32(40-34)25-12-14-27(15-13-25)44-18-6-17-42/h1-5,7-16,19,31,42H,6,17-18,20-22H2,(H,38,43)/t31-,34-/m1/s1. The summed E-state index contributed by atoms with van der Waals surface area (Å²) < 4.78 is 39.8. The van der Waals surface area contributed by atoms with E-state index >= 15 is 0 Å². The summed E-state index contributed by atoms with van der Waals surface area (Å²) in [5.41, 5.74) is 10.6. The summed E-state index contributed by atoms with van der Waals surface area (Å²) in [5, 5.41) is 15.7. The van der Waals surface area contributed by atoms with Crippen molar-refractivity contribution in [2.45, 2.75) is 37.6 Å². The Bertz CT molecular complexity index is 1710. The molecule has 0 aromatic heterocycles. The zero-order valence-electron chi connectivity index (χ0n) is 24.3. The van der Waals surface area contributed by atoms with Gasteiger partial charge in [-0.2, -0.15) is 0 Å². The molecule has 2 N–H and O–H groups in total. The largest absolute Gasteiger partial charge is 0.494 e. The van der Waals surface area contributed by atoms with E-state index in [9.17, 15) is 13.6 Å². The van der Waals surface area contributed by atoms with E-state index in [1.165, 1.54) is 6.07 Å². The van der Waals surface area contributed by atoms with Crippen molar-refractivity contribution in [2.75, 3.05) is 13.2 Å². The maximum atomic E-state index is 14.4. The Morgan fingerprint density at radius 2 is 1.76 bits per heavy atom. The van der Waals surface area contributed by atoms with Gasteiger partial charge < -0.3 is 19.9 Å². The minimum Gasteiger partial charge on any atom is -0.494 e. The number of hydrogen-bond donors (Lipinski definition) is 2. The molecule has 0 saturated heterocycles. The predicted octanol–water partition coefficient (Wildman–Crippen LogP) is 6.35. The van der Waals surface area contributed by atoms with Crippen molar-refractivity contribution in [3.63, 3.8) is 0 Å². The van der Waals surface area contributed by atoms with Crippen LogP contribution in [0.1, 0.15) is 40.3 Å². The Balaban J connectivity index is 1.58. The van der Waals surface area contributed by atoms with Crippen molar-refractivity contribution in [2.24, 2.45) is 10.1 Å². The van der Waals surface area contributed by atoms with E-state index in [2.05, 4.69) is 15.3 Å². The molecule has 1 heterocycles. The third-order valence-corrected chi connectivity index (χ3v) is 7.43. The van der Waals surface area contributed by atoms with Crippen molar-refractivity contribution < 1.29 is 28.2 Å². The highest BCUT2D eigenvalue weighted by Gasteiger charge is 2.53. The fourth-order valence-corrected chi connectivity index (χ4v) is 5.19. The number of aliphatic hydroxyl groups excluding tert-OH is 1. The molecule has 9 nitrogen and oxygen atoms in total. The van der Waals surface area contributed by atoms with Gasteiger partial charge in [-0.15, -0.1) is 0 Å².